The molecule has 6 heteroatoms. The summed E-state index contributed by atoms with van der Waals surface area (Å²) in [4.78, 5) is 11.1. The zero-order valence-corrected chi connectivity index (χ0v) is 11.5. The standard InChI is InChI=1S/C13H23N5O/c1-2-11-15-12(17-14)8-13(16-11)18-7-5-3-4-6-10(18)9-19/h8,10,19H,2-7,9,14H2,1H3,(H,15,16,17). The van der Waals surface area contributed by atoms with Crippen molar-refractivity contribution in [2.75, 3.05) is 23.5 Å². The molecule has 1 aromatic rings. The van der Waals surface area contributed by atoms with Gasteiger partial charge in [0.15, 0.2) is 0 Å². The van der Waals surface area contributed by atoms with Crippen molar-refractivity contribution in [3.63, 3.8) is 0 Å². The molecule has 1 aromatic heterocycles. The molecule has 0 aliphatic carbocycles. The summed E-state index contributed by atoms with van der Waals surface area (Å²) in [6.07, 6.45) is 5.27. The number of nitrogens with one attached hydrogen (secondary N) is 1. The summed E-state index contributed by atoms with van der Waals surface area (Å²) in [5.41, 5.74) is 2.59. The molecule has 0 spiro atoms. The highest BCUT2D eigenvalue weighted by molar-refractivity contribution is 5.49. The molecule has 0 bridgehead atoms. The Bertz CT molecular complexity index is 390. The quantitative estimate of drug-likeness (QED) is 0.557. The number of aliphatic hydroxyl groups is 1. The number of rotatable bonds is 4. The Morgan fingerprint density at radius 1 is 1.42 bits per heavy atom. The summed E-state index contributed by atoms with van der Waals surface area (Å²) in [5, 5.41) is 9.58. The summed E-state index contributed by atoms with van der Waals surface area (Å²) >= 11 is 0. The Hall–Kier alpha value is -1.40. The maximum absolute atomic E-state index is 9.58. The molecule has 1 fully saturated rings. The van der Waals surface area contributed by atoms with Crippen LogP contribution in [-0.4, -0.2) is 34.3 Å². The normalized spacial score (nSPS) is 20.2. The Morgan fingerprint density at radius 2 is 2.26 bits per heavy atom. The molecule has 0 amide bonds. The maximum Gasteiger partial charge on any atom is 0.145 e. The lowest BCUT2D eigenvalue weighted by Gasteiger charge is -2.30. The van der Waals surface area contributed by atoms with Crippen LogP contribution >= 0.6 is 0 Å². The van der Waals surface area contributed by atoms with Crippen molar-refractivity contribution < 1.29 is 5.11 Å². The van der Waals surface area contributed by atoms with Crippen LogP contribution in [-0.2, 0) is 6.42 Å². The maximum atomic E-state index is 9.58. The molecule has 6 nitrogen and oxygen atoms in total. The fourth-order valence-corrected chi connectivity index (χ4v) is 2.53. The number of hydrogen-bond acceptors (Lipinski definition) is 6. The number of nitrogens with zero attached hydrogens (tertiary/aromatic N) is 3. The average molecular weight is 265 g/mol. The first kappa shape index (κ1) is 14.0. The number of nitrogen functional groups attached to an aromatic ring is 1. The third kappa shape index (κ3) is 3.33. The summed E-state index contributed by atoms with van der Waals surface area (Å²) in [6.45, 7) is 3.11. The van der Waals surface area contributed by atoms with Crippen molar-refractivity contribution in [2.45, 2.75) is 45.1 Å². The minimum absolute atomic E-state index is 0.146. The van der Waals surface area contributed by atoms with E-state index in [1.807, 2.05) is 13.0 Å². The van der Waals surface area contributed by atoms with Crippen LogP contribution in [0, 0.1) is 0 Å². The average Bonchev–Trinajstić information content (AvgIpc) is 2.71. The molecule has 1 unspecified atom stereocenters. The fraction of sp³-hybridized carbons (Fsp3) is 0.692. The van der Waals surface area contributed by atoms with Crippen molar-refractivity contribution >= 4 is 11.6 Å². The molecule has 0 radical (unpaired) electrons. The minimum atomic E-state index is 0.146. The van der Waals surface area contributed by atoms with Crippen LogP contribution in [0.2, 0.25) is 0 Å². The molecule has 2 rings (SSSR count). The molecule has 19 heavy (non-hydrogen) atoms. The lowest BCUT2D eigenvalue weighted by atomic mass is 10.1. The molecule has 0 saturated carbocycles. The first-order valence-corrected chi connectivity index (χ1v) is 7.00. The van der Waals surface area contributed by atoms with Gasteiger partial charge in [0.2, 0.25) is 0 Å². The molecule has 106 valence electrons. The largest absolute Gasteiger partial charge is 0.394 e. The van der Waals surface area contributed by atoms with Gasteiger partial charge in [-0.3, -0.25) is 0 Å². The number of anilines is 2. The topological polar surface area (TPSA) is 87.3 Å². The van der Waals surface area contributed by atoms with Gasteiger partial charge in [-0.25, -0.2) is 15.8 Å². The van der Waals surface area contributed by atoms with E-state index in [9.17, 15) is 5.11 Å². The molecule has 0 aromatic carbocycles. The van der Waals surface area contributed by atoms with E-state index in [0.29, 0.717) is 5.82 Å². The predicted molar refractivity (Wildman–Crippen MR) is 75.9 cm³/mol. The van der Waals surface area contributed by atoms with Gasteiger partial charge in [0, 0.05) is 19.0 Å². The molecule has 1 saturated heterocycles. The van der Waals surface area contributed by atoms with Gasteiger partial charge in [-0.2, -0.15) is 0 Å². The monoisotopic (exact) mass is 265 g/mol. The van der Waals surface area contributed by atoms with E-state index in [4.69, 9.17) is 5.84 Å². The van der Waals surface area contributed by atoms with Crippen molar-refractivity contribution in [3.8, 4) is 0 Å². The number of aliphatic hydroxyl groups excluding tert-OH is 1. The highest BCUT2D eigenvalue weighted by atomic mass is 16.3. The van der Waals surface area contributed by atoms with Crippen LogP contribution in [0.3, 0.4) is 0 Å². The number of hydrazine groups is 1. The van der Waals surface area contributed by atoms with E-state index in [-0.39, 0.29) is 12.6 Å². The smallest absolute Gasteiger partial charge is 0.145 e. The van der Waals surface area contributed by atoms with E-state index in [1.54, 1.807) is 0 Å². The Balaban J connectivity index is 2.31. The van der Waals surface area contributed by atoms with Crippen molar-refractivity contribution in [1.82, 2.24) is 9.97 Å². The van der Waals surface area contributed by atoms with Gasteiger partial charge in [0.1, 0.15) is 17.5 Å². The zero-order valence-electron chi connectivity index (χ0n) is 11.5. The highest BCUT2D eigenvalue weighted by Crippen LogP contribution is 2.24. The third-order valence-corrected chi connectivity index (χ3v) is 3.61. The van der Waals surface area contributed by atoms with Gasteiger partial charge in [0.05, 0.1) is 12.6 Å². The van der Waals surface area contributed by atoms with Gasteiger partial charge in [-0.1, -0.05) is 19.8 Å². The van der Waals surface area contributed by atoms with E-state index >= 15 is 0 Å². The van der Waals surface area contributed by atoms with Gasteiger partial charge >= 0.3 is 0 Å². The molecule has 1 aliphatic heterocycles. The molecule has 4 N–H and O–H groups in total. The number of aryl methyl sites for hydroxylation is 1. The fourth-order valence-electron chi connectivity index (χ4n) is 2.53. The molecule has 2 heterocycles. The third-order valence-electron chi connectivity index (χ3n) is 3.61. The molecule has 1 aliphatic rings. The van der Waals surface area contributed by atoms with Gasteiger partial charge in [0.25, 0.3) is 0 Å². The van der Waals surface area contributed by atoms with Crippen molar-refractivity contribution in [1.29, 1.82) is 0 Å². The first-order chi connectivity index (χ1) is 9.28. The number of nitrogens with two attached hydrogens (primary N) is 1. The van der Waals surface area contributed by atoms with Crippen LogP contribution in [0.15, 0.2) is 6.07 Å². The van der Waals surface area contributed by atoms with Gasteiger partial charge < -0.3 is 15.4 Å². The summed E-state index contributed by atoms with van der Waals surface area (Å²) in [6, 6.07) is 2.00. The predicted octanol–water partition coefficient (Wildman–Crippen LogP) is 1.07. The van der Waals surface area contributed by atoms with Crippen LogP contribution in [0.1, 0.15) is 38.4 Å². The van der Waals surface area contributed by atoms with E-state index in [2.05, 4.69) is 20.3 Å². The van der Waals surface area contributed by atoms with E-state index in [1.165, 1.54) is 6.42 Å². The lowest BCUT2D eigenvalue weighted by molar-refractivity contribution is 0.254. The Labute approximate surface area is 114 Å². The Morgan fingerprint density at radius 3 is 2.95 bits per heavy atom. The van der Waals surface area contributed by atoms with E-state index < -0.39 is 0 Å². The second-order valence-electron chi connectivity index (χ2n) is 4.90. The van der Waals surface area contributed by atoms with Crippen LogP contribution < -0.4 is 16.2 Å². The zero-order chi connectivity index (χ0) is 13.7. The SMILES string of the molecule is CCc1nc(NN)cc(N2CCCCCC2CO)n1. The van der Waals surface area contributed by atoms with Gasteiger partial charge in [-0.05, 0) is 12.8 Å². The first-order valence-electron chi connectivity index (χ1n) is 7.00. The van der Waals surface area contributed by atoms with E-state index in [0.717, 1.165) is 43.9 Å². The second-order valence-corrected chi connectivity index (χ2v) is 4.90. The number of aromatic nitrogens is 2. The molecule has 1 atom stereocenters. The minimum Gasteiger partial charge on any atom is -0.394 e. The molecular formula is C13H23N5O. The van der Waals surface area contributed by atoms with Crippen LogP contribution in [0.25, 0.3) is 0 Å². The second kappa shape index (κ2) is 6.68. The number of hydrogen-bond donors (Lipinski definition) is 3. The van der Waals surface area contributed by atoms with Crippen LogP contribution in [0.4, 0.5) is 11.6 Å². The highest BCUT2D eigenvalue weighted by Gasteiger charge is 2.22. The summed E-state index contributed by atoms with van der Waals surface area (Å²) < 4.78 is 0. The summed E-state index contributed by atoms with van der Waals surface area (Å²) in [5.74, 6) is 7.72. The van der Waals surface area contributed by atoms with Crippen molar-refractivity contribution in [3.05, 3.63) is 11.9 Å². The van der Waals surface area contributed by atoms with Crippen molar-refractivity contribution in [2.24, 2.45) is 5.84 Å². The summed E-state index contributed by atoms with van der Waals surface area (Å²) in [7, 11) is 0. The van der Waals surface area contributed by atoms with Gasteiger partial charge in [-0.15, -0.1) is 0 Å². The Kier molecular flexibility index (Phi) is 4.93. The molecular weight excluding hydrogens is 242 g/mol. The lowest BCUT2D eigenvalue weighted by Crippen LogP contribution is -2.38. The van der Waals surface area contributed by atoms with Crippen LogP contribution in [0.5, 0.6) is 0 Å².